The summed E-state index contributed by atoms with van der Waals surface area (Å²) in [4.78, 5) is 25.5. The number of nitrogens with one attached hydrogen (secondary N) is 1. The highest BCUT2D eigenvalue weighted by molar-refractivity contribution is 6.36. The number of methoxy groups -OCH3 is 1. The van der Waals surface area contributed by atoms with E-state index in [1.54, 1.807) is 37.4 Å². The van der Waals surface area contributed by atoms with Gasteiger partial charge in [-0.2, -0.15) is 0 Å². The smallest absolute Gasteiger partial charge is 0.274 e. The molecule has 0 aromatic heterocycles. The Labute approximate surface area is 162 Å². The summed E-state index contributed by atoms with van der Waals surface area (Å²) in [5.74, 6) is -0.208. The van der Waals surface area contributed by atoms with E-state index in [9.17, 15) is 9.59 Å². The van der Waals surface area contributed by atoms with E-state index in [2.05, 4.69) is 5.43 Å². The molecular formula is C19H20Cl2N2O3. The van der Waals surface area contributed by atoms with E-state index in [1.807, 2.05) is 20.8 Å². The van der Waals surface area contributed by atoms with Crippen LogP contribution in [0.3, 0.4) is 0 Å². The normalized spacial score (nSPS) is 11.0. The van der Waals surface area contributed by atoms with E-state index in [0.717, 1.165) is 0 Å². The van der Waals surface area contributed by atoms with Crippen LogP contribution in [-0.2, 0) is 0 Å². The van der Waals surface area contributed by atoms with Crippen LogP contribution in [0.25, 0.3) is 0 Å². The van der Waals surface area contributed by atoms with Crippen molar-refractivity contribution in [3.63, 3.8) is 0 Å². The number of carbonyl (C=O) groups is 2. The average molecular weight is 395 g/mol. The molecule has 1 N–H and O–H groups in total. The summed E-state index contributed by atoms with van der Waals surface area (Å²) in [6.45, 7) is 5.43. The molecule has 7 heteroatoms. The predicted molar refractivity (Wildman–Crippen MR) is 103 cm³/mol. The molecule has 0 saturated heterocycles. The Balaban J connectivity index is 2.29. The van der Waals surface area contributed by atoms with Gasteiger partial charge in [0.05, 0.1) is 23.2 Å². The maximum Gasteiger partial charge on any atom is 0.274 e. The fourth-order valence-corrected chi connectivity index (χ4v) is 2.70. The van der Waals surface area contributed by atoms with E-state index >= 15 is 0 Å². The van der Waals surface area contributed by atoms with E-state index in [-0.39, 0.29) is 10.6 Å². The largest absolute Gasteiger partial charge is 0.497 e. The minimum Gasteiger partial charge on any atom is -0.497 e. The molecule has 0 radical (unpaired) electrons. The third kappa shape index (κ3) is 4.68. The molecule has 0 saturated carbocycles. The molecule has 2 aromatic carbocycles. The molecule has 0 fully saturated rings. The number of hydrazine groups is 1. The lowest BCUT2D eigenvalue weighted by Gasteiger charge is -2.35. The Hall–Kier alpha value is -2.24. The minimum atomic E-state index is -0.678. The zero-order valence-corrected chi connectivity index (χ0v) is 16.5. The third-order valence-corrected chi connectivity index (χ3v) is 4.15. The minimum absolute atomic E-state index is 0.218. The van der Waals surface area contributed by atoms with Crippen LogP contribution < -0.4 is 10.2 Å². The van der Waals surface area contributed by atoms with E-state index < -0.39 is 17.4 Å². The van der Waals surface area contributed by atoms with Crippen molar-refractivity contribution in [1.82, 2.24) is 10.4 Å². The zero-order chi connectivity index (χ0) is 19.5. The molecule has 26 heavy (non-hydrogen) atoms. The van der Waals surface area contributed by atoms with Gasteiger partial charge in [0.2, 0.25) is 0 Å². The van der Waals surface area contributed by atoms with Crippen LogP contribution in [0.1, 0.15) is 41.5 Å². The van der Waals surface area contributed by atoms with Crippen LogP contribution in [-0.4, -0.2) is 29.5 Å². The summed E-state index contributed by atoms with van der Waals surface area (Å²) in [7, 11) is 1.55. The van der Waals surface area contributed by atoms with Gasteiger partial charge in [0.25, 0.3) is 11.8 Å². The van der Waals surface area contributed by atoms with Crippen LogP contribution in [0.15, 0.2) is 42.5 Å². The zero-order valence-electron chi connectivity index (χ0n) is 15.0. The Morgan fingerprint density at radius 3 is 2.15 bits per heavy atom. The molecule has 0 heterocycles. The number of benzene rings is 2. The van der Waals surface area contributed by atoms with E-state index in [4.69, 9.17) is 27.9 Å². The van der Waals surface area contributed by atoms with Gasteiger partial charge >= 0.3 is 0 Å². The van der Waals surface area contributed by atoms with Crippen LogP contribution in [0.5, 0.6) is 5.75 Å². The van der Waals surface area contributed by atoms with E-state index in [1.165, 1.54) is 17.1 Å². The molecule has 2 amide bonds. The summed E-state index contributed by atoms with van der Waals surface area (Å²) >= 11 is 12.0. The number of amides is 2. The Bertz CT molecular complexity index is 815. The molecule has 0 aliphatic heterocycles. The summed E-state index contributed by atoms with van der Waals surface area (Å²) in [5, 5.41) is 1.90. The molecule has 5 nitrogen and oxygen atoms in total. The highest BCUT2D eigenvalue weighted by atomic mass is 35.5. The molecule has 0 aliphatic carbocycles. The van der Waals surface area contributed by atoms with Gasteiger partial charge in [-0.25, -0.2) is 5.01 Å². The van der Waals surface area contributed by atoms with Gasteiger partial charge in [0.1, 0.15) is 5.75 Å². The first-order valence-corrected chi connectivity index (χ1v) is 8.63. The van der Waals surface area contributed by atoms with Crippen LogP contribution >= 0.6 is 23.2 Å². The fourth-order valence-electron chi connectivity index (χ4n) is 2.21. The summed E-state index contributed by atoms with van der Waals surface area (Å²) < 4.78 is 5.08. The number of hydrogen-bond donors (Lipinski definition) is 1. The summed E-state index contributed by atoms with van der Waals surface area (Å²) in [6, 6.07) is 11.2. The van der Waals surface area contributed by atoms with Crippen molar-refractivity contribution >= 4 is 35.0 Å². The lowest BCUT2D eigenvalue weighted by Crippen LogP contribution is -2.55. The first-order chi connectivity index (χ1) is 12.1. The van der Waals surface area contributed by atoms with Crippen molar-refractivity contribution in [2.24, 2.45) is 0 Å². The molecule has 0 atom stereocenters. The van der Waals surface area contributed by atoms with Gasteiger partial charge in [-0.05, 0) is 63.2 Å². The van der Waals surface area contributed by atoms with Crippen molar-refractivity contribution in [3.05, 3.63) is 63.6 Å². The fraction of sp³-hybridized carbons (Fsp3) is 0.263. The number of hydrogen-bond acceptors (Lipinski definition) is 3. The number of rotatable bonds is 3. The topological polar surface area (TPSA) is 58.6 Å². The maximum atomic E-state index is 13.0. The quantitative estimate of drug-likeness (QED) is 0.774. The Morgan fingerprint density at radius 2 is 1.65 bits per heavy atom. The molecule has 0 unspecified atom stereocenters. The monoisotopic (exact) mass is 394 g/mol. The molecule has 0 spiro atoms. The first kappa shape index (κ1) is 20.1. The van der Waals surface area contributed by atoms with Crippen molar-refractivity contribution in [3.8, 4) is 5.75 Å². The third-order valence-electron chi connectivity index (χ3n) is 3.60. The first-order valence-electron chi connectivity index (χ1n) is 7.88. The van der Waals surface area contributed by atoms with Crippen molar-refractivity contribution < 1.29 is 14.3 Å². The van der Waals surface area contributed by atoms with Crippen LogP contribution in [0, 0.1) is 0 Å². The summed E-state index contributed by atoms with van der Waals surface area (Å²) in [6.07, 6.45) is 0. The number of ether oxygens (including phenoxy) is 1. The number of carbonyl (C=O) groups excluding carboxylic acids is 2. The molecule has 0 aliphatic rings. The SMILES string of the molecule is COc1ccc(C(=O)NN(C(=O)c2ccc(Cl)cc2Cl)C(C)(C)C)cc1. The standard InChI is InChI=1S/C19H20Cl2N2O3/c1-19(2,3)23(18(25)15-10-7-13(20)11-16(15)21)22-17(24)12-5-8-14(26-4)9-6-12/h5-11H,1-4H3,(H,22,24). The predicted octanol–water partition coefficient (Wildman–Crippen LogP) is 4.59. The number of nitrogens with zero attached hydrogens (tertiary/aromatic N) is 1. The Kier molecular flexibility index (Phi) is 6.16. The lowest BCUT2D eigenvalue weighted by atomic mass is 10.1. The van der Waals surface area contributed by atoms with Crippen LogP contribution in [0.4, 0.5) is 0 Å². The molecule has 2 rings (SSSR count). The second-order valence-electron chi connectivity index (χ2n) is 6.60. The van der Waals surface area contributed by atoms with Gasteiger partial charge in [0.15, 0.2) is 0 Å². The Morgan fingerprint density at radius 1 is 1.04 bits per heavy atom. The molecule has 2 aromatic rings. The van der Waals surface area contributed by atoms with Crippen LogP contribution in [0.2, 0.25) is 10.0 Å². The van der Waals surface area contributed by atoms with Crippen molar-refractivity contribution in [2.45, 2.75) is 26.3 Å². The molecule has 0 bridgehead atoms. The second kappa shape index (κ2) is 7.98. The number of halogens is 2. The highest BCUT2D eigenvalue weighted by Crippen LogP contribution is 2.24. The van der Waals surface area contributed by atoms with E-state index in [0.29, 0.717) is 16.3 Å². The van der Waals surface area contributed by atoms with Gasteiger partial charge in [-0.15, -0.1) is 0 Å². The van der Waals surface area contributed by atoms with Crippen molar-refractivity contribution in [2.75, 3.05) is 7.11 Å². The van der Waals surface area contributed by atoms with Gasteiger partial charge in [-0.3, -0.25) is 15.0 Å². The van der Waals surface area contributed by atoms with Crippen molar-refractivity contribution in [1.29, 1.82) is 0 Å². The van der Waals surface area contributed by atoms with Gasteiger partial charge in [0, 0.05) is 10.6 Å². The lowest BCUT2D eigenvalue weighted by molar-refractivity contribution is 0.0359. The average Bonchev–Trinajstić information content (AvgIpc) is 2.58. The second-order valence-corrected chi connectivity index (χ2v) is 7.45. The molecule has 138 valence electrons. The maximum absolute atomic E-state index is 13.0. The van der Waals surface area contributed by atoms with Gasteiger partial charge in [-0.1, -0.05) is 23.2 Å². The summed E-state index contributed by atoms with van der Waals surface area (Å²) in [5.41, 5.74) is 2.63. The highest BCUT2D eigenvalue weighted by Gasteiger charge is 2.30. The van der Waals surface area contributed by atoms with Gasteiger partial charge < -0.3 is 4.74 Å². The molecular weight excluding hydrogens is 375 g/mol.